The predicted molar refractivity (Wildman–Crippen MR) is 116 cm³/mol. The molecule has 1 fully saturated rings. The van der Waals surface area contributed by atoms with Crippen LogP contribution in [0.15, 0.2) is 59.4 Å². The molecule has 6 nitrogen and oxygen atoms in total. The van der Waals surface area contributed by atoms with Crippen molar-refractivity contribution in [3.63, 3.8) is 0 Å². The van der Waals surface area contributed by atoms with E-state index in [1.165, 1.54) is 0 Å². The first-order valence-corrected chi connectivity index (χ1v) is 10.7. The fraction of sp³-hybridized carbons (Fsp3) is 0.273. The second-order valence-electron chi connectivity index (χ2n) is 7.45. The van der Waals surface area contributed by atoms with Gasteiger partial charge in [-0.1, -0.05) is 59.9 Å². The van der Waals surface area contributed by atoms with Crippen LogP contribution in [-0.2, 0) is 0 Å². The molecule has 0 spiro atoms. The number of aromatic nitrogens is 4. The van der Waals surface area contributed by atoms with Crippen LogP contribution < -0.4 is 10.9 Å². The quantitative estimate of drug-likeness (QED) is 0.521. The van der Waals surface area contributed by atoms with Gasteiger partial charge in [-0.3, -0.25) is 4.79 Å². The Balaban J connectivity index is 1.27. The maximum absolute atomic E-state index is 12.0. The van der Waals surface area contributed by atoms with E-state index in [4.69, 9.17) is 0 Å². The van der Waals surface area contributed by atoms with Gasteiger partial charge in [0.25, 0.3) is 5.56 Å². The molecule has 0 atom stereocenters. The Hall–Kier alpha value is -3.06. The van der Waals surface area contributed by atoms with Crippen LogP contribution in [-0.4, -0.2) is 26.4 Å². The Morgan fingerprint density at radius 1 is 0.897 bits per heavy atom. The molecule has 0 saturated heterocycles. The molecule has 2 N–H and O–H groups in total. The van der Waals surface area contributed by atoms with Gasteiger partial charge in [-0.05, 0) is 31.7 Å². The number of hydrogen-bond acceptors (Lipinski definition) is 6. The molecule has 1 aliphatic carbocycles. The molecule has 2 aromatic carbocycles. The molecule has 29 heavy (non-hydrogen) atoms. The number of benzene rings is 2. The smallest absolute Gasteiger partial charge is 0.272 e. The van der Waals surface area contributed by atoms with Crippen molar-refractivity contribution in [2.45, 2.75) is 37.6 Å². The third kappa shape index (κ3) is 3.65. The van der Waals surface area contributed by atoms with Gasteiger partial charge in [0, 0.05) is 22.9 Å². The molecule has 1 saturated carbocycles. The summed E-state index contributed by atoms with van der Waals surface area (Å²) >= 11 is 1.59. The van der Waals surface area contributed by atoms with Gasteiger partial charge in [-0.25, -0.2) is 5.10 Å². The van der Waals surface area contributed by atoms with Crippen molar-refractivity contribution in [1.29, 1.82) is 0 Å². The number of nitrogens with one attached hydrogen (secondary N) is 2. The largest absolute Gasteiger partial charge is 0.357 e. The van der Waals surface area contributed by atoms with Gasteiger partial charge in [-0.2, -0.15) is 5.10 Å². The Morgan fingerprint density at radius 3 is 2.41 bits per heavy atom. The Bertz CT molecular complexity index is 1180. The summed E-state index contributed by atoms with van der Waals surface area (Å²) in [4.78, 5) is 12.0. The van der Waals surface area contributed by atoms with E-state index in [0.29, 0.717) is 12.0 Å². The van der Waals surface area contributed by atoms with E-state index in [-0.39, 0.29) is 5.56 Å². The van der Waals surface area contributed by atoms with Crippen LogP contribution in [0.2, 0.25) is 0 Å². The number of rotatable bonds is 4. The second kappa shape index (κ2) is 7.75. The molecule has 0 amide bonds. The fourth-order valence-corrected chi connectivity index (χ4v) is 4.94. The predicted octanol–water partition coefficient (Wildman–Crippen LogP) is 4.58. The minimum absolute atomic E-state index is 0.120. The summed E-state index contributed by atoms with van der Waals surface area (Å²) in [6.45, 7) is 0. The summed E-state index contributed by atoms with van der Waals surface area (Å²) in [5.74, 6) is 0.365. The van der Waals surface area contributed by atoms with Crippen molar-refractivity contribution in [2.75, 3.05) is 5.32 Å². The Morgan fingerprint density at radius 2 is 1.62 bits per heavy atom. The van der Waals surface area contributed by atoms with E-state index in [1.807, 2.05) is 42.5 Å². The third-order valence-corrected chi connectivity index (χ3v) is 6.52. The standard InChI is InChI=1S/C22H21N5OS/c28-20-18-9-5-4-8-17(18)19(24-25-20)14-10-12-16(13-11-14)23-22-27-26-21(29-22)15-6-2-1-3-7-15/h1-9,14,16H,10-13H2,(H,23,27)(H,25,28). The second-order valence-corrected chi connectivity index (χ2v) is 8.43. The van der Waals surface area contributed by atoms with Crippen LogP contribution >= 0.6 is 11.3 Å². The lowest BCUT2D eigenvalue weighted by Gasteiger charge is -2.28. The van der Waals surface area contributed by atoms with E-state index in [9.17, 15) is 4.79 Å². The van der Waals surface area contributed by atoms with Crippen molar-refractivity contribution in [3.05, 3.63) is 70.6 Å². The number of H-pyrrole nitrogens is 1. The highest BCUT2D eigenvalue weighted by Gasteiger charge is 2.26. The van der Waals surface area contributed by atoms with Crippen molar-refractivity contribution >= 4 is 27.2 Å². The molecule has 7 heteroatoms. The molecule has 0 bridgehead atoms. The molecular formula is C22H21N5OS. The van der Waals surface area contributed by atoms with Crippen LogP contribution in [0.5, 0.6) is 0 Å². The number of anilines is 1. The SMILES string of the molecule is O=c1[nH]nc(C2CCC(Nc3nnc(-c4ccccc4)s3)CC2)c2ccccc12. The summed E-state index contributed by atoms with van der Waals surface area (Å²) in [6.07, 6.45) is 4.15. The van der Waals surface area contributed by atoms with E-state index in [2.05, 4.69) is 37.8 Å². The van der Waals surface area contributed by atoms with E-state index in [0.717, 1.165) is 57.9 Å². The normalized spacial score (nSPS) is 19.3. The highest BCUT2D eigenvalue weighted by molar-refractivity contribution is 7.18. The summed E-state index contributed by atoms with van der Waals surface area (Å²) in [6, 6.07) is 18.3. The lowest BCUT2D eigenvalue weighted by molar-refractivity contribution is 0.406. The molecule has 4 aromatic rings. The lowest BCUT2D eigenvalue weighted by Crippen LogP contribution is -2.26. The summed E-state index contributed by atoms with van der Waals surface area (Å²) in [5.41, 5.74) is 1.99. The minimum atomic E-state index is -0.120. The molecular weight excluding hydrogens is 382 g/mol. The van der Waals surface area contributed by atoms with Crippen molar-refractivity contribution in [2.24, 2.45) is 0 Å². The molecule has 0 unspecified atom stereocenters. The van der Waals surface area contributed by atoms with E-state index < -0.39 is 0 Å². The zero-order valence-electron chi connectivity index (χ0n) is 15.8. The lowest BCUT2D eigenvalue weighted by atomic mass is 9.83. The van der Waals surface area contributed by atoms with Crippen LogP contribution in [0, 0.1) is 0 Å². The first-order valence-electron chi connectivity index (χ1n) is 9.91. The average Bonchev–Trinajstić information content (AvgIpc) is 3.24. The summed E-state index contributed by atoms with van der Waals surface area (Å²) < 4.78 is 0. The van der Waals surface area contributed by atoms with Gasteiger partial charge in [0.2, 0.25) is 5.13 Å². The third-order valence-electron chi connectivity index (χ3n) is 5.61. The first-order chi connectivity index (χ1) is 14.3. The number of nitrogens with zero attached hydrogens (tertiary/aromatic N) is 3. The number of hydrogen-bond donors (Lipinski definition) is 2. The van der Waals surface area contributed by atoms with Gasteiger partial charge in [0.1, 0.15) is 5.01 Å². The van der Waals surface area contributed by atoms with E-state index in [1.54, 1.807) is 11.3 Å². The van der Waals surface area contributed by atoms with Gasteiger partial charge in [-0.15, -0.1) is 10.2 Å². The summed E-state index contributed by atoms with van der Waals surface area (Å²) in [5, 5.41) is 22.8. The van der Waals surface area contributed by atoms with Crippen LogP contribution in [0.3, 0.4) is 0 Å². The van der Waals surface area contributed by atoms with Crippen LogP contribution in [0.25, 0.3) is 21.3 Å². The van der Waals surface area contributed by atoms with Gasteiger partial charge < -0.3 is 5.32 Å². The number of aromatic amines is 1. The maximum Gasteiger partial charge on any atom is 0.272 e. The molecule has 5 rings (SSSR count). The Kier molecular flexibility index (Phi) is 4.81. The van der Waals surface area contributed by atoms with Gasteiger partial charge in [0.15, 0.2) is 0 Å². The fourth-order valence-electron chi connectivity index (χ4n) is 4.11. The molecule has 2 aromatic heterocycles. The van der Waals surface area contributed by atoms with Crippen molar-refractivity contribution in [1.82, 2.24) is 20.4 Å². The monoisotopic (exact) mass is 403 g/mol. The molecule has 0 radical (unpaired) electrons. The van der Waals surface area contributed by atoms with Crippen LogP contribution in [0.4, 0.5) is 5.13 Å². The molecule has 0 aliphatic heterocycles. The molecule has 1 aliphatic rings. The zero-order chi connectivity index (χ0) is 19.6. The minimum Gasteiger partial charge on any atom is -0.357 e. The molecule has 146 valence electrons. The van der Waals surface area contributed by atoms with Crippen LogP contribution in [0.1, 0.15) is 37.3 Å². The van der Waals surface area contributed by atoms with Gasteiger partial charge >= 0.3 is 0 Å². The topological polar surface area (TPSA) is 83.6 Å². The summed E-state index contributed by atoms with van der Waals surface area (Å²) in [7, 11) is 0. The highest BCUT2D eigenvalue weighted by atomic mass is 32.1. The highest BCUT2D eigenvalue weighted by Crippen LogP contribution is 2.36. The average molecular weight is 404 g/mol. The first kappa shape index (κ1) is 18.0. The Labute approximate surface area is 172 Å². The zero-order valence-corrected chi connectivity index (χ0v) is 16.7. The van der Waals surface area contributed by atoms with E-state index >= 15 is 0 Å². The molecule has 2 heterocycles. The maximum atomic E-state index is 12.0. The van der Waals surface area contributed by atoms with Crippen molar-refractivity contribution in [3.8, 4) is 10.6 Å². The van der Waals surface area contributed by atoms with Gasteiger partial charge in [0.05, 0.1) is 11.1 Å². The number of fused-ring (bicyclic) bond motifs is 1. The van der Waals surface area contributed by atoms with Crippen molar-refractivity contribution < 1.29 is 0 Å².